The van der Waals surface area contributed by atoms with E-state index in [0.717, 1.165) is 11.0 Å². The number of nitrogens with zero attached hydrogens (tertiary/aromatic N) is 2. The van der Waals surface area contributed by atoms with E-state index in [4.69, 9.17) is 25.8 Å². The number of para-hydroxylation sites is 2. The molecule has 0 saturated heterocycles. The smallest absolute Gasteiger partial charge is 0.336 e. The maximum absolute atomic E-state index is 13.2. The van der Waals surface area contributed by atoms with Gasteiger partial charge < -0.3 is 24.1 Å². The Morgan fingerprint density at radius 2 is 1.83 bits per heavy atom. The molecular formula is C27H28ClN3O5. The van der Waals surface area contributed by atoms with Gasteiger partial charge in [0, 0.05) is 17.3 Å². The number of allylic oxidation sites excluding steroid dienone is 1. The van der Waals surface area contributed by atoms with Crippen LogP contribution in [-0.4, -0.2) is 48.4 Å². The molecule has 2 aromatic carbocycles. The molecule has 0 fully saturated rings. The molecule has 36 heavy (non-hydrogen) atoms. The summed E-state index contributed by atoms with van der Waals surface area (Å²) < 4.78 is 18.4. The van der Waals surface area contributed by atoms with E-state index in [1.807, 2.05) is 34.9 Å². The first-order valence-electron chi connectivity index (χ1n) is 11.6. The van der Waals surface area contributed by atoms with Gasteiger partial charge in [-0.15, -0.1) is 0 Å². The third-order valence-electron chi connectivity index (χ3n) is 6.01. The Bertz CT molecular complexity index is 1340. The SMILES string of the molecule is CCOC(=O)C1=C(COCCn2cnc3ccccc32)NC(C)=C(C(=O)OC)C1c1ccccc1Cl. The minimum atomic E-state index is -0.775. The Morgan fingerprint density at radius 3 is 2.58 bits per heavy atom. The summed E-state index contributed by atoms with van der Waals surface area (Å²) in [6.07, 6.45) is 1.78. The molecule has 1 N–H and O–H groups in total. The van der Waals surface area contributed by atoms with Gasteiger partial charge in [0.2, 0.25) is 0 Å². The van der Waals surface area contributed by atoms with Gasteiger partial charge in [0.1, 0.15) is 0 Å². The number of hydrogen-bond acceptors (Lipinski definition) is 7. The van der Waals surface area contributed by atoms with Gasteiger partial charge in [0.05, 0.1) is 67.1 Å². The van der Waals surface area contributed by atoms with Crippen LogP contribution in [0.15, 0.2) is 77.4 Å². The van der Waals surface area contributed by atoms with E-state index < -0.39 is 17.9 Å². The Morgan fingerprint density at radius 1 is 1.08 bits per heavy atom. The summed E-state index contributed by atoms with van der Waals surface area (Å²) in [6.45, 7) is 4.73. The molecule has 4 rings (SSSR count). The molecule has 2 heterocycles. The summed E-state index contributed by atoms with van der Waals surface area (Å²) in [7, 11) is 1.30. The van der Waals surface area contributed by atoms with Gasteiger partial charge in [-0.05, 0) is 37.6 Å². The number of ether oxygens (including phenoxy) is 3. The fourth-order valence-electron chi connectivity index (χ4n) is 4.39. The molecule has 3 aromatic rings. The summed E-state index contributed by atoms with van der Waals surface area (Å²) in [5.74, 6) is -1.88. The molecule has 0 amide bonds. The number of carbonyl (C=O) groups is 2. The maximum Gasteiger partial charge on any atom is 0.336 e. The Kier molecular flexibility index (Phi) is 8.07. The number of hydrogen-bond donors (Lipinski definition) is 1. The fourth-order valence-corrected chi connectivity index (χ4v) is 4.63. The highest BCUT2D eigenvalue weighted by atomic mass is 35.5. The monoisotopic (exact) mass is 509 g/mol. The van der Waals surface area contributed by atoms with E-state index in [1.165, 1.54) is 7.11 Å². The molecule has 1 atom stereocenters. The van der Waals surface area contributed by atoms with Gasteiger partial charge in [-0.1, -0.05) is 41.9 Å². The van der Waals surface area contributed by atoms with Crippen LogP contribution in [0.3, 0.4) is 0 Å². The molecule has 8 nitrogen and oxygen atoms in total. The first-order valence-corrected chi connectivity index (χ1v) is 12.0. The van der Waals surface area contributed by atoms with Crippen molar-refractivity contribution in [2.24, 2.45) is 0 Å². The van der Waals surface area contributed by atoms with Gasteiger partial charge in [0.15, 0.2) is 0 Å². The number of imidazole rings is 1. The number of benzene rings is 2. The lowest BCUT2D eigenvalue weighted by atomic mass is 9.80. The second kappa shape index (κ2) is 11.4. The lowest BCUT2D eigenvalue weighted by Crippen LogP contribution is -2.35. The van der Waals surface area contributed by atoms with Crippen LogP contribution in [0.5, 0.6) is 0 Å². The zero-order valence-corrected chi connectivity index (χ0v) is 21.2. The second-order valence-electron chi connectivity index (χ2n) is 8.20. The van der Waals surface area contributed by atoms with Gasteiger partial charge in [-0.3, -0.25) is 0 Å². The quantitative estimate of drug-likeness (QED) is 0.338. The maximum atomic E-state index is 13.2. The molecule has 0 radical (unpaired) electrons. The van der Waals surface area contributed by atoms with Gasteiger partial charge >= 0.3 is 11.9 Å². The number of nitrogens with one attached hydrogen (secondary N) is 1. The lowest BCUT2D eigenvalue weighted by Gasteiger charge is -2.31. The third-order valence-corrected chi connectivity index (χ3v) is 6.36. The van der Waals surface area contributed by atoms with E-state index >= 15 is 0 Å². The highest BCUT2D eigenvalue weighted by Crippen LogP contribution is 2.41. The van der Waals surface area contributed by atoms with Crippen LogP contribution in [0.1, 0.15) is 25.3 Å². The van der Waals surface area contributed by atoms with Gasteiger partial charge in [0.25, 0.3) is 0 Å². The number of esters is 2. The van der Waals surface area contributed by atoms with Crippen LogP contribution < -0.4 is 5.32 Å². The molecule has 1 aliphatic heterocycles. The van der Waals surface area contributed by atoms with E-state index in [2.05, 4.69) is 10.3 Å². The molecule has 1 aliphatic rings. The van der Waals surface area contributed by atoms with E-state index in [1.54, 1.807) is 38.4 Å². The molecule has 188 valence electrons. The Labute approximate surface area is 214 Å². The minimum absolute atomic E-state index is 0.105. The van der Waals surface area contributed by atoms with Crippen molar-refractivity contribution in [3.63, 3.8) is 0 Å². The number of rotatable bonds is 9. The average molecular weight is 510 g/mol. The number of carbonyl (C=O) groups excluding carboxylic acids is 2. The van der Waals surface area contributed by atoms with Crippen LogP contribution in [0.25, 0.3) is 11.0 Å². The fraction of sp³-hybridized carbons (Fsp3) is 0.296. The van der Waals surface area contributed by atoms with Crippen LogP contribution in [0.2, 0.25) is 5.02 Å². The number of halogens is 1. The number of fused-ring (bicyclic) bond motifs is 1. The summed E-state index contributed by atoms with van der Waals surface area (Å²) >= 11 is 6.54. The molecule has 0 spiro atoms. The second-order valence-corrected chi connectivity index (χ2v) is 8.61. The number of dihydropyridines is 1. The average Bonchev–Trinajstić information content (AvgIpc) is 3.29. The van der Waals surface area contributed by atoms with Crippen molar-refractivity contribution < 1.29 is 23.8 Å². The Balaban J connectivity index is 1.65. The van der Waals surface area contributed by atoms with Crippen molar-refractivity contribution in [3.8, 4) is 0 Å². The van der Waals surface area contributed by atoms with Crippen molar-refractivity contribution in [2.45, 2.75) is 26.3 Å². The molecule has 1 unspecified atom stereocenters. The molecule has 1 aromatic heterocycles. The minimum Gasteiger partial charge on any atom is -0.466 e. The summed E-state index contributed by atoms with van der Waals surface area (Å²) in [5.41, 5.74) is 4.16. The molecule has 0 bridgehead atoms. The zero-order chi connectivity index (χ0) is 25.7. The highest BCUT2D eigenvalue weighted by molar-refractivity contribution is 6.31. The predicted octanol–water partition coefficient (Wildman–Crippen LogP) is 4.36. The predicted molar refractivity (Wildman–Crippen MR) is 136 cm³/mol. The molecule has 9 heteroatoms. The molecule has 0 saturated carbocycles. The van der Waals surface area contributed by atoms with Crippen LogP contribution >= 0.6 is 11.6 Å². The summed E-state index contributed by atoms with van der Waals surface area (Å²) in [6, 6.07) is 15.0. The Hall–Kier alpha value is -3.62. The molecular weight excluding hydrogens is 482 g/mol. The van der Waals surface area contributed by atoms with Crippen molar-refractivity contribution in [1.29, 1.82) is 0 Å². The largest absolute Gasteiger partial charge is 0.466 e. The zero-order valence-electron chi connectivity index (χ0n) is 20.4. The number of methoxy groups -OCH3 is 1. The topological polar surface area (TPSA) is 91.7 Å². The summed E-state index contributed by atoms with van der Waals surface area (Å²) in [4.78, 5) is 30.5. The lowest BCUT2D eigenvalue weighted by molar-refractivity contribution is -0.139. The summed E-state index contributed by atoms with van der Waals surface area (Å²) in [5, 5.41) is 3.61. The van der Waals surface area contributed by atoms with Crippen LogP contribution in [0.4, 0.5) is 0 Å². The first-order chi connectivity index (χ1) is 17.5. The standard InChI is InChI=1S/C27H28ClN3O5/c1-4-36-27(33)25-21(15-35-14-13-31-16-29-20-11-7-8-12-22(20)31)30-17(2)23(26(32)34-3)24(25)18-9-5-6-10-19(18)28/h5-12,16,24,30H,4,13-15H2,1-3H3. The van der Waals surface area contributed by atoms with Crippen molar-refractivity contribution in [3.05, 3.63) is 88.0 Å². The van der Waals surface area contributed by atoms with Crippen molar-refractivity contribution in [2.75, 3.05) is 26.9 Å². The van der Waals surface area contributed by atoms with Gasteiger partial charge in [-0.2, -0.15) is 0 Å². The normalized spacial score (nSPS) is 15.7. The van der Waals surface area contributed by atoms with Gasteiger partial charge in [-0.25, -0.2) is 14.6 Å². The third kappa shape index (κ3) is 5.15. The van der Waals surface area contributed by atoms with Crippen LogP contribution in [0, 0.1) is 0 Å². The van der Waals surface area contributed by atoms with Crippen LogP contribution in [-0.2, 0) is 30.3 Å². The van der Waals surface area contributed by atoms with E-state index in [-0.39, 0.29) is 18.8 Å². The first kappa shape index (κ1) is 25.5. The van der Waals surface area contributed by atoms with E-state index in [0.29, 0.717) is 40.7 Å². The molecule has 0 aliphatic carbocycles. The number of aromatic nitrogens is 2. The van der Waals surface area contributed by atoms with Crippen molar-refractivity contribution in [1.82, 2.24) is 14.9 Å². The highest BCUT2D eigenvalue weighted by Gasteiger charge is 2.39. The van der Waals surface area contributed by atoms with Crippen molar-refractivity contribution >= 4 is 34.6 Å². The van der Waals surface area contributed by atoms with E-state index in [9.17, 15) is 9.59 Å².